The monoisotopic (exact) mass is 208 g/mol. The van der Waals surface area contributed by atoms with Gasteiger partial charge in [0, 0.05) is 5.92 Å². The van der Waals surface area contributed by atoms with E-state index in [4.69, 9.17) is 0 Å². The first-order chi connectivity index (χ1) is 7.27. The zero-order chi connectivity index (χ0) is 11.1. The molecule has 1 fully saturated rings. The Labute approximate surface area is 93.9 Å². The second kappa shape index (κ2) is 6.81. The summed E-state index contributed by atoms with van der Waals surface area (Å²) in [6, 6.07) is 0. The fourth-order valence-electron chi connectivity index (χ4n) is 2.59. The van der Waals surface area contributed by atoms with E-state index in [9.17, 15) is 4.79 Å². The van der Waals surface area contributed by atoms with E-state index < -0.39 is 0 Å². The van der Waals surface area contributed by atoms with Gasteiger partial charge in [-0.1, -0.05) is 39.2 Å². The molecule has 86 valence electrons. The summed E-state index contributed by atoms with van der Waals surface area (Å²) in [6.45, 7) is 5.82. The van der Waals surface area contributed by atoms with Crippen LogP contribution in [0.3, 0.4) is 0 Å². The molecule has 1 aliphatic rings. The molecule has 0 N–H and O–H groups in total. The number of ketones is 1. The third-order valence-electron chi connectivity index (χ3n) is 3.67. The van der Waals surface area contributed by atoms with Crippen molar-refractivity contribution in [2.45, 2.75) is 58.3 Å². The van der Waals surface area contributed by atoms with Crippen molar-refractivity contribution in [1.29, 1.82) is 0 Å². The Balaban J connectivity index is 2.18. The van der Waals surface area contributed by atoms with E-state index in [1.54, 1.807) is 0 Å². The Morgan fingerprint density at radius 1 is 1.27 bits per heavy atom. The van der Waals surface area contributed by atoms with E-state index in [-0.39, 0.29) is 5.78 Å². The Morgan fingerprint density at radius 2 is 1.93 bits per heavy atom. The lowest BCUT2D eigenvalue weighted by atomic mass is 9.78. The summed E-state index contributed by atoms with van der Waals surface area (Å²) in [7, 11) is 0. The highest BCUT2D eigenvalue weighted by Crippen LogP contribution is 2.32. The molecule has 15 heavy (non-hydrogen) atoms. The predicted molar refractivity (Wildman–Crippen MR) is 64.8 cm³/mol. The maximum atomic E-state index is 11.4. The Hall–Kier alpha value is -0.590. The Kier molecular flexibility index (Phi) is 5.67. The largest absolute Gasteiger partial charge is 0.295 e. The van der Waals surface area contributed by atoms with Crippen LogP contribution in [0.2, 0.25) is 0 Å². The van der Waals surface area contributed by atoms with Gasteiger partial charge in [0.2, 0.25) is 0 Å². The third kappa shape index (κ3) is 4.19. The number of hydrogen-bond donors (Lipinski definition) is 0. The molecule has 0 atom stereocenters. The van der Waals surface area contributed by atoms with Crippen LogP contribution in [0.4, 0.5) is 0 Å². The van der Waals surface area contributed by atoms with Gasteiger partial charge in [-0.15, -0.1) is 0 Å². The summed E-state index contributed by atoms with van der Waals surface area (Å²) < 4.78 is 0. The number of hydrogen-bond acceptors (Lipinski definition) is 1. The number of allylic oxidation sites excluding steroid dienone is 1. The number of unbranched alkanes of at least 4 members (excludes halogenated alkanes) is 2. The van der Waals surface area contributed by atoms with Gasteiger partial charge in [0.15, 0.2) is 5.78 Å². The van der Waals surface area contributed by atoms with Gasteiger partial charge in [-0.3, -0.25) is 4.79 Å². The molecular weight excluding hydrogens is 184 g/mol. The molecule has 1 heteroatoms. The zero-order valence-electron chi connectivity index (χ0n) is 10.0. The van der Waals surface area contributed by atoms with Crippen LogP contribution in [0.25, 0.3) is 0 Å². The molecule has 0 aromatic carbocycles. The molecule has 1 rings (SSSR count). The SMILES string of the molecule is C=CC(=O)C1CCC(CCCCC)CC1. The maximum Gasteiger partial charge on any atom is 0.158 e. The second-order valence-corrected chi connectivity index (χ2v) is 4.82. The summed E-state index contributed by atoms with van der Waals surface area (Å²) in [5.74, 6) is 1.46. The predicted octanol–water partition coefficient (Wildman–Crippen LogP) is 4.13. The van der Waals surface area contributed by atoms with Crippen molar-refractivity contribution >= 4 is 5.78 Å². The second-order valence-electron chi connectivity index (χ2n) is 4.82. The first kappa shape index (κ1) is 12.5. The van der Waals surface area contributed by atoms with Gasteiger partial charge in [-0.2, -0.15) is 0 Å². The van der Waals surface area contributed by atoms with Gasteiger partial charge in [0.1, 0.15) is 0 Å². The molecule has 0 heterocycles. The van der Waals surface area contributed by atoms with Gasteiger partial charge in [-0.25, -0.2) is 0 Å². The summed E-state index contributed by atoms with van der Waals surface area (Å²) >= 11 is 0. The number of rotatable bonds is 6. The van der Waals surface area contributed by atoms with E-state index >= 15 is 0 Å². The van der Waals surface area contributed by atoms with Gasteiger partial charge in [0.05, 0.1) is 0 Å². The molecule has 0 saturated heterocycles. The Morgan fingerprint density at radius 3 is 2.47 bits per heavy atom. The van der Waals surface area contributed by atoms with E-state index in [1.807, 2.05) is 0 Å². The molecule has 0 aromatic heterocycles. The van der Waals surface area contributed by atoms with Gasteiger partial charge >= 0.3 is 0 Å². The molecule has 0 bridgehead atoms. The van der Waals surface area contributed by atoms with E-state index in [0.29, 0.717) is 5.92 Å². The minimum Gasteiger partial charge on any atom is -0.295 e. The molecule has 0 unspecified atom stereocenters. The molecule has 1 nitrogen and oxygen atoms in total. The lowest BCUT2D eigenvalue weighted by Gasteiger charge is -2.26. The molecule has 0 radical (unpaired) electrons. The van der Waals surface area contributed by atoms with Crippen molar-refractivity contribution in [3.8, 4) is 0 Å². The van der Waals surface area contributed by atoms with Crippen LogP contribution < -0.4 is 0 Å². The zero-order valence-corrected chi connectivity index (χ0v) is 10.0. The van der Waals surface area contributed by atoms with Crippen LogP contribution in [0.15, 0.2) is 12.7 Å². The summed E-state index contributed by atoms with van der Waals surface area (Å²) in [6.07, 6.45) is 11.6. The highest BCUT2D eigenvalue weighted by Gasteiger charge is 2.24. The third-order valence-corrected chi connectivity index (χ3v) is 3.67. The molecule has 1 aliphatic carbocycles. The molecule has 0 spiro atoms. The molecule has 0 aromatic rings. The molecular formula is C14H24O. The number of carbonyl (C=O) groups excluding carboxylic acids is 1. The average Bonchev–Trinajstić information content (AvgIpc) is 2.29. The maximum absolute atomic E-state index is 11.4. The van der Waals surface area contributed by atoms with E-state index in [2.05, 4.69) is 13.5 Å². The Bertz CT molecular complexity index is 199. The van der Waals surface area contributed by atoms with Gasteiger partial charge < -0.3 is 0 Å². The lowest BCUT2D eigenvalue weighted by Crippen LogP contribution is -2.20. The summed E-state index contributed by atoms with van der Waals surface area (Å²) in [5.41, 5.74) is 0. The fourth-order valence-corrected chi connectivity index (χ4v) is 2.59. The normalized spacial score (nSPS) is 26.2. The first-order valence-electron chi connectivity index (χ1n) is 6.44. The summed E-state index contributed by atoms with van der Waals surface area (Å²) in [4.78, 5) is 11.4. The van der Waals surface area contributed by atoms with Crippen molar-refractivity contribution in [3.63, 3.8) is 0 Å². The molecule has 0 amide bonds. The fraction of sp³-hybridized carbons (Fsp3) is 0.786. The van der Waals surface area contributed by atoms with Crippen LogP contribution in [-0.2, 0) is 4.79 Å². The van der Waals surface area contributed by atoms with Crippen molar-refractivity contribution in [2.24, 2.45) is 11.8 Å². The molecule has 0 aliphatic heterocycles. The minimum absolute atomic E-state index is 0.266. The highest BCUT2D eigenvalue weighted by atomic mass is 16.1. The standard InChI is InChI=1S/C14H24O/c1-3-5-6-7-12-8-10-13(11-9-12)14(15)4-2/h4,12-13H,2-3,5-11H2,1H3. The van der Waals surface area contributed by atoms with Crippen LogP contribution in [0.1, 0.15) is 58.3 Å². The van der Waals surface area contributed by atoms with Crippen molar-refractivity contribution in [3.05, 3.63) is 12.7 Å². The van der Waals surface area contributed by atoms with Crippen LogP contribution in [0, 0.1) is 11.8 Å². The van der Waals surface area contributed by atoms with Gasteiger partial charge in [0.25, 0.3) is 0 Å². The van der Waals surface area contributed by atoms with Crippen LogP contribution in [0.5, 0.6) is 0 Å². The quantitative estimate of drug-likeness (QED) is 0.474. The first-order valence-corrected chi connectivity index (χ1v) is 6.44. The lowest BCUT2D eigenvalue weighted by molar-refractivity contribution is -0.119. The van der Waals surface area contributed by atoms with Gasteiger partial charge in [-0.05, 0) is 37.7 Å². The smallest absolute Gasteiger partial charge is 0.158 e. The van der Waals surface area contributed by atoms with Crippen LogP contribution in [-0.4, -0.2) is 5.78 Å². The highest BCUT2D eigenvalue weighted by molar-refractivity contribution is 5.91. The van der Waals surface area contributed by atoms with E-state index in [1.165, 1.54) is 44.6 Å². The summed E-state index contributed by atoms with van der Waals surface area (Å²) in [5, 5.41) is 0. The van der Waals surface area contributed by atoms with Crippen molar-refractivity contribution < 1.29 is 4.79 Å². The van der Waals surface area contributed by atoms with Crippen molar-refractivity contribution in [2.75, 3.05) is 0 Å². The molecule has 1 saturated carbocycles. The van der Waals surface area contributed by atoms with Crippen LogP contribution >= 0.6 is 0 Å². The van der Waals surface area contributed by atoms with E-state index in [0.717, 1.165) is 18.8 Å². The minimum atomic E-state index is 0.266. The number of carbonyl (C=O) groups is 1. The van der Waals surface area contributed by atoms with Crippen molar-refractivity contribution in [1.82, 2.24) is 0 Å². The topological polar surface area (TPSA) is 17.1 Å². The average molecular weight is 208 g/mol.